The lowest BCUT2D eigenvalue weighted by atomic mass is 9.82. The summed E-state index contributed by atoms with van der Waals surface area (Å²) in [4.78, 5) is 2.33. The lowest BCUT2D eigenvalue weighted by molar-refractivity contribution is -0.0678. The molecule has 0 spiro atoms. The summed E-state index contributed by atoms with van der Waals surface area (Å²) in [6.07, 6.45) is 0. The van der Waals surface area contributed by atoms with Gasteiger partial charge in [0.1, 0.15) is 0 Å². The van der Waals surface area contributed by atoms with E-state index in [0.717, 1.165) is 19.6 Å². The molecule has 78 valence electrons. The Kier molecular flexibility index (Phi) is 2.75. The molecule has 0 saturated carbocycles. The third kappa shape index (κ3) is 2.68. The van der Waals surface area contributed by atoms with Gasteiger partial charge in [0, 0.05) is 19.6 Å². The van der Waals surface area contributed by atoms with Gasteiger partial charge in [0.2, 0.25) is 0 Å². The molecule has 0 aromatic heterocycles. The first-order valence-electron chi connectivity index (χ1n) is 5.18. The average Bonchev–Trinajstić information content (AvgIpc) is 1.81. The van der Waals surface area contributed by atoms with Crippen molar-refractivity contribution < 1.29 is 5.11 Å². The fourth-order valence-corrected chi connectivity index (χ4v) is 1.91. The van der Waals surface area contributed by atoms with Gasteiger partial charge < -0.3 is 5.11 Å². The smallest absolute Gasteiger partial charge is 0.0768 e. The van der Waals surface area contributed by atoms with Gasteiger partial charge in [-0.15, -0.1) is 0 Å². The Morgan fingerprint density at radius 3 is 2.15 bits per heavy atom. The topological polar surface area (TPSA) is 23.5 Å². The number of rotatable bonds is 3. The van der Waals surface area contributed by atoms with Crippen LogP contribution < -0.4 is 0 Å². The van der Waals surface area contributed by atoms with Gasteiger partial charge in [-0.1, -0.05) is 27.7 Å². The van der Waals surface area contributed by atoms with E-state index in [1.165, 1.54) is 0 Å². The second-order valence-electron chi connectivity index (χ2n) is 5.82. The molecule has 0 aromatic carbocycles. The van der Waals surface area contributed by atoms with E-state index in [0.29, 0.717) is 11.3 Å². The predicted molar refractivity (Wildman–Crippen MR) is 55.7 cm³/mol. The normalized spacial score (nSPS) is 27.0. The van der Waals surface area contributed by atoms with Crippen molar-refractivity contribution in [1.29, 1.82) is 0 Å². The largest absolute Gasteiger partial charge is 0.389 e. The van der Waals surface area contributed by atoms with E-state index in [2.05, 4.69) is 32.6 Å². The first-order valence-corrected chi connectivity index (χ1v) is 5.18. The second-order valence-corrected chi connectivity index (χ2v) is 5.82. The highest BCUT2D eigenvalue weighted by Gasteiger charge is 2.38. The van der Waals surface area contributed by atoms with E-state index < -0.39 is 5.60 Å². The maximum atomic E-state index is 10.1. The van der Waals surface area contributed by atoms with Gasteiger partial charge in [-0.2, -0.15) is 0 Å². The first kappa shape index (κ1) is 11.0. The van der Waals surface area contributed by atoms with Crippen LogP contribution in [0.4, 0.5) is 0 Å². The Balaban J connectivity index is 2.35. The van der Waals surface area contributed by atoms with E-state index in [4.69, 9.17) is 0 Å². The van der Waals surface area contributed by atoms with Crippen LogP contribution in [0.5, 0.6) is 0 Å². The minimum Gasteiger partial charge on any atom is -0.389 e. The molecule has 0 aromatic rings. The molecule has 2 nitrogen and oxygen atoms in total. The maximum Gasteiger partial charge on any atom is 0.0768 e. The molecule has 13 heavy (non-hydrogen) atoms. The Hall–Kier alpha value is -0.0800. The van der Waals surface area contributed by atoms with Crippen LogP contribution in [0.15, 0.2) is 0 Å². The number of aliphatic hydroxyl groups is 1. The van der Waals surface area contributed by atoms with Crippen molar-refractivity contribution in [3.63, 3.8) is 0 Å². The molecular weight excluding hydrogens is 162 g/mol. The summed E-state index contributed by atoms with van der Waals surface area (Å²) in [5.74, 6) is 0.330. The molecule has 1 aliphatic heterocycles. The summed E-state index contributed by atoms with van der Waals surface area (Å²) >= 11 is 0. The Morgan fingerprint density at radius 1 is 1.38 bits per heavy atom. The van der Waals surface area contributed by atoms with Gasteiger partial charge in [0.25, 0.3) is 0 Å². The molecule has 0 aliphatic carbocycles. The third-order valence-corrected chi connectivity index (χ3v) is 3.09. The summed E-state index contributed by atoms with van der Waals surface area (Å²) < 4.78 is 0. The van der Waals surface area contributed by atoms with Crippen molar-refractivity contribution in [3.8, 4) is 0 Å². The zero-order chi connectivity index (χ0) is 10.3. The van der Waals surface area contributed by atoms with Crippen LogP contribution in [0.3, 0.4) is 0 Å². The molecule has 2 heteroatoms. The van der Waals surface area contributed by atoms with Crippen molar-refractivity contribution in [2.24, 2.45) is 11.3 Å². The number of β-amino-alcohol motifs (C(OH)–C–C–N with tert-alkyl or cyclic N) is 1. The number of hydrogen-bond acceptors (Lipinski definition) is 2. The van der Waals surface area contributed by atoms with Gasteiger partial charge in [-0.3, -0.25) is 4.90 Å². The molecule has 1 aliphatic rings. The fraction of sp³-hybridized carbons (Fsp3) is 1.00. The highest BCUT2D eigenvalue weighted by atomic mass is 16.3. The lowest BCUT2D eigenvalue weighted by Crippen LogP contribution is -2.58. The Morgan fingerprint density at radius 2 is 1.85 bits per heavy atom. The Labute approximate surface area is 81.9 Å². The fourth-order valence-electron chi connectivity index (χ4n) is 1.91. The van der Waals surface area contributed by atoms with Crippen LogP contribution in [0.25, 0.3) is 0 Å². The number of likely N-dealkylation sites (tertiary alicyclic amines) is 1. The van der Waals surface area contributed by atoms with Crippen LogP contribution in [0.1, 0.15) is 34.6 Å². The zero-order valence-electron chi connectivity index (χ0n) is 9.59. The van der Waals surface area contributed by atoms with Gasteiger partial charge in [0.15, 0.2) is 0 Å². The van der Waals surface area contributed by atoms with E-state index >= 15 is 0 Å². The van der Waals surface area contributed by atoms with Crippen LogP contribution in [-0.4, -0.2) is 35.2 Å². The number of nitrogens with zero attached hydrogens (tertiary/aromatic N) is 1. The summed E-state index contributed by atoms with van der Waals surface area (Å²) in [6.45, 7) is 13.7. The quantitative estimate of drug-likeness (QED) is 0.724. The standard InChI is InChI=1S/C11H23NO/c1-9(2)11(5,13)8-12-6-10(3,4)7-12/h9,13H,6-8H2,1-5H3. The molecular formula is C11H23NO. The predicted octanol–water partition coefficient (Wildman–Crippen LogP) is 1.74. The Bertz CT molecular complexity index is 177. The third-order valence-electron chi connectivity index (χ3n) is 3.09. The SMILES string of the molecule is CC(C)C(C)(O)CN1CC(C)(C)C1. The van der Waals surface area contributed by atoms with Crippen molar-refractivity contribution >= 4 is 0 Å². The molecule has 0 amide bonds. The molecule has 1 heterocycles. The van der Waals surface area contributed by atoms with Gasteiger partial charge in [-0.05, 0) is 18.3 Å². The highest BCUT2D eigenvalue weighted by Crippen LogP contribution is 2.31. The van der Waals surface area contributed by atoms with E-state index in [-0.39, 0.29) is 0 Å². The van der Waals surface area contributed by atoms with Crippen LogP contribution in [0, 0.1) is 11.3 Å². The summed E-state index contributed by atoms with van der Waals surface area (Å²) in [6, 6.07) is 0. The minimum atomic E-state index is -0.531. The van der Waals surface area contributed by atoms with E-state index in [9.17, 15) is 5.11 Å². The molecule has 1 atom stereocenters. The van der Waals surface area contributed by atoms with E-state index in [1.807, 2.05) is 6.92 Å². The van der Waals surface area contributed by atoms with Crippen molar-refractivity contribution in [1.82, 2.24) is 4.90 Å². The summed E-state index contributed by atoms with van der Waals surface area (Å²) in [5, 5.41) is 10.1. The highest BCUT2D eigenvalue weighted by molar-refractivity contribution is 4.92. The average molecular weight is 185 g/mol. The molecule has 0 bridgehead atoms. The van der Waals surface area contributed by atoms with Crippen LogP contribution in [-0.2, 0) is 0 Å². The number of hydrogen-bond donors (Lipinski definition) is 1. The molecule has 1 saturated heterocycles. The van der Waals surface area contributed by atoms with E-state index in [1.54, 1.807) is 0 Å². The molecule has 0 radical (unpaired) electrons. The summed E-state index contributed by atoms with van der Waals surface area (Å²) in [7, 11) is 0. The van der Waals surface area contributed by atoms with Crippen molar-refractivity contribution in [2.45, 2.75) is 40.2 Å². The van der Waals surface area contributed by atoms with Crippen molar-refractivity contribution in [2.75, 3.05) is 19.6 Å². The monoisotopic (exact) mass is 185 g/mol. The van der Waals surface area contributed by atoms with Crippen molar-refractivity contribution in [3.05, 3.63) is 0 Å². The minimum absolute atomic E-state index is 0.330. The molecule has 1 unspecified atom stereocenters. The van der Waals surface area contributed by atoms with Crippen LogP contribution >= 0.6 is 0 Å². The maximum absolute atomic E-state index is 10.1. The molecule has 1 fully saturated rings. The van der Waals surface area contributed by atoms with Gasteiger partial charge in [0.05, 0.1) is 5.60 Å². The second kappa shape index (κ2) is 3.25. The van der Waals surface area contributed by atoms with Crippen LogP contribution in [0.2, 0.25) is 0 Å². The summed E-state index contributed by atoms with van der Waals surface area (Å²) in [5.41, 5.74) is -0.0659. The molecule has 1 rings (SSSR count). The van der Waals surface area contributed by atoms with Gasteiger partial charge in [-0.25, -0.2) is 0 Å². The van der Waals surface area contributed by atoms with Gasteiger partial charge >= 0.3 is 0 Å². The first-order chi connectivity index (χ1) is 5.73. The molecule has 1 N–H and O–H groups in total. The lowest BCUT2D eigenvalue weighted by Gasteiger charge is -2.49. The zero-order valence-corrected chi connectivity index (χ0v) is 9.59.